The molecule has 1 saturated heterocycles. The molecule has 5 N–H and O–H groups in total. The Hall–Kier alpha value is -3.27. The lowest BCUT2D eigenvalue weighted by molar-refractivity contribution is -0.0928. The van der Waals surface area contributed by atoms with Crippen molar-refractivity contribution in [1.29, 1.82) is 0 Å². The van der Waals surface area contributed by atoms with Gasteiger partial charge < -0.3 is 35.6 Å². The van der Waals surface area contributed by atoms with Gasteiger partial charge in [0.2, 0.25) is 0 Å². The highest BCUT2D eigenvalue weighted by molar-refractivity contribution is 6.32. The molecular formula is C24H26ClN5O4. The molecule has 10 heteroatoms. The zero-order valence-electron chi connectivity index (χ0n) is 18.7. The fourth-order valence-electron chi connectivity index (χ4n) is 4.55. The van der Waals surface area contributed by atoms with Crippen LogP contribution < -0.4 is 21.1 Å². The molecule has 1 aromatic carbocycles. The van der Waals surface area contributed by atoms with E-state index in [2.05, 4.69) is 20.6 Å². The van der Waals surface area contributed by atoms with Gasteiger partial charge in [-0.15, -0.1) is 0 Å². The molecule has 2 atom stereocenters. The molecule has 5 rings (SSSR count). The van der Waals surface area contributed by atoms with Gasteiger partial charge in [0.1, 0.15) is 5.82 Å². The molecule has 0 spiro atoms. The van der Waals surface area contributed by atoms with Gasteiger partial charge in [0, 0.05) is 29.9 Å². The number of hydrogen-bond donors (Lipinski definition) is 4. The Morgan fingerprint density at radius 2 is 2.21 bits per heavy atom. The number of rotatable bonds is 6. The summed E-state index contributed by atoms with van der Waals surface area (Å²) in [5.74, 6) is 0.721. The summed E-state index contributed by atoms with van der Waals surface area (Å²) in [6, 6.07) is 9.03. The van der Waals surface area contributed by atoms with Crippen LogP contribution in [0.15, 0.2) is 36.5 Å². The molecule has 3 aromatic rings. The van der Waals surface area contributed by atoms with Gasteiger partial charge >= 0.3 is 0 Å². The van der Waals surface area contributed by atoms with Crippen LogP contribution in [0.25, 0.3) is 11.3 Å². The molecule has 1 fully saturated rings. The third-order valence-electron chi connectivity index (χ3n) is 6.11. The van der Waals surface area contributed by atoms with Gasteiger partial charge in [-0.2, -0.15) is 0 Å². The standard InChI is InChI=1S/C24H26ClN5O4/c1-32-23-16(25)3-2-4-17(23)29-22-19-20(30-21(22)13-5-6-27-18(26)10-13)14(11-28-24(19)31)9-15-12-33-7-8-34-15/h2-6,10,14-15,29-30H,7-9,11-12H2,1H3,(H2,26,27)(H,28,31)/t14?,15-/m0/s1. The number of aromatic nitrogens is 2. The van der Waals surface area contributed by atoms with Crippen molar-refractivity contribution < 1.29 is 19.0 Å². The zero-order chi connectivity index (χ0) is 23.7. The Bertz CT molecular complexity index is 1210. The predicted octanol–water partition coefficient (Wildman–Crippen LogP) is 3.70. The molecule has 2 aliphatic rings. The number of hydrogen-bond acceptors (Lipinski definition) is 7. The van der Waals surface area contributed by atoms with Crippen molar-refractivity contribution in [3.8, 4) is 17.0 Å². The van der Waals surface area contributed by atoms with E-state index in [9.17, 15) is 4.79 Å². The van der Waals surface area contributed by atoms with Crippen molar-refractivity contribution >= 4 is 34.7 Å². The van der Waals surface area contributed by atoms with Gasteiger partial charge in [-0.3, -0.25) is 4.79 Å². The minimum Gasteiger partial charge on any atom is -0.493 e. The van der Waals surface area contributed by atoms with Crippen LogP contribution in [-0.4, -0.2) is 55.5 Å². The lowest BCUT2D eigenvalue weighted by atomic mass is 9.91. The molecule has 0 radical (unpaired) electrons. The molecule has 34 heavy (non-hydrogen) atoms. The minimum atomic E-state index is -0.167. The summed E-state index contributed by atoms with van der Waals surface area (Å²) in [7, 11) is 1.55. The highest BCUT2D eigenvalue weighted by Crippen LogP contribution is 2.43. The van der Waals surface area contributed by atoms with Crippen molar-refractivity contribution in [3.63, 3.8) is 0 Å². The molecule has 2 aliphatic heterocycles. The third-order valence-corrected chi connectivity index (χ3v) is 6.40. The number of pyridine rings is 1. The number of carbonyl (C=O) groups is 1. The van der Waals surface area contributed by atoms with Crippen LogP contribution in [-0.2, 0) is 9.47 Å². The molecule has 1 amide bonds. The van der Waals surface area contributed by atoms with E-state index in [-0.39, 0.29) is 17.9 Å². The number of fused-ring (bicyclic) bond motifs is 1. The number of nitrogens with one attached hydrogen (secondary N) is 3. The van der Waals surface area contributed by atoms with Crippen molar-refractivity contribution in [2.45, 2.75) is 18.4 Å². The maximum Gasteiger partial charge on any atom is 0.255 e. The average Bonchev–Trinajstić information content (AvgIpc) is 3.22. The van der Waals surface area contributed by atoms with Crippen LogP contribution in [0.4, 0.5) is 17.2 Å². The largest absolute Gasteiger partial charge is 0.493 e. The first kappa shape index (κ1) is 22.5. The summed E-state index contributed by atoms with van der Waals surface area (Å²) < 4.78 is 17.0. The smallest absolute Gasteiger partial charge is 0.255 e. The predicted molar refractivity (Wildman–Crippen MR) is 130 cm³/mol. The van der Waals surface area contributed by atoms with E-state index in [1.54, 1.807) is 25.4 Å². The number of methoxy groups -OCH3 is 1. The minimum absolute atomic E-state index is 0.0224. The summed E-state index contributed by atoms with van der Waals surface area (Å²) in [5.41, 5.74) is 10.1. The van der Waals surface area contributed by atoms with E-state index in [1.807, 2.05) is 18.2 Å². The summed E-state index contributed by atoms with van der Waals surface area (Å²) in [4.78, 5) is 20.8. The van der Waals surface area contributed by atoms with Crippen molar-refractivity contribution in [3.05, 3.63) is 52.8 Å². The first-order valence-corrected chi connectivity index (χ1v) is 11.5. The summed E-state index contributed by atoms with van der Waals surface area (Å²) in [5, 5.41) is 6.89. The SMILES string of the molecule is COc1c(Cl)cccc1Nc1c(-c2ccnc(N)c2)[nH]c2c1C(=O)NCC2C[C@H]1COCCO1. The molecule has 0 bridgehead atoms. The van der Waals surface area contributed by atoms with Crippen molar-refractivity contribution in [1.82, 2.24) is 15.3 Å². The van der Waals surface area contributed by atoms with Crippen LogP contribution in [0.3, 0.4) is 0 Å². The van der Waals surface area contributed by atoms with Gasteiger partial charge in [0.15, 0.2) is 5.75 Å². The van der Waals surface area contributed by atoms with Gasteiger partial charge in [-0.05, 0) is 30.7 Å². The molecule has 0 aliphatic carbocycles. The Kier molecular flexibility index (Phi) is 6.32. The van der Waals surface area contributed by atoms with E-state index >= 15 is 0 Å². The first-order valence-electron chi connectivity index (χ1n) is 11.1. The zero-order valence-corrected chi connectivity index (χ0v) is 19.4. The fraction of sp³-hybridized carbons (Fsp3) is 0.333. The summed E-state index contributed by atoms with van der Waals surface area (Å²) in [6.45, 7) is 2.22. The molecule has 9 nitrogen and oxygen atoms in total. The number of amides is 1. The number of nitrogens with zero attached hydrogens (tertiary/aromatic N) is 1. The highest BCUT2D eigenvalue weighted by atomic mass is 35.5. The first-order chi connectivity index (χ1) is 16.5. The Morgan fingerprint density at radius 1 is 1.32 bits per heavy atom. The number of anilines is 3. The molecule has 178 valence electrons. The van der Waals surface area contributed by atoms with Gasteiger partial charge in [-0.25, -0.2) is 4.98 Å². The van der Waals surface area contributed by atoms with Gasteiger partial charge in [-0.1, -0.05) is 17.7 Å². The van der Waals surface area contributed by atoms with Gasteiger partial charge in [0.25, 0.3) is 5.91 Å². The molecular weight excluding hydrogens is 458 g/mol. The quantitative estimate of drug-likeness (QED) is 0.421. The second kappa shape index (κ2) is 9.54. The van der Waals surface area contributed by atoms with Crippen LogP contribution in [0.2, 0.25) is 5.02 Å². The number of aromatic amines is 1. The second-order valence-corrected chi connectivity index (χ2v) is 8.70. The monoisotopic (exact) mass is 483 g/mol. The number of carbonyl (C=O) groups excluding carboxylic acids is 1. The lowest BCUT2D eigenvalue weighted by Crippen LogP contribution is -2.38. The maximum atomic E-state index is 13.1. The number of para-hydroxylation sites is 1. The normalized spacial score (nSPS) is 19.9. The molecule has 2 aromatic heterocycles. The Balaban J connectivity index is 1.62. The van der Waals surface area contributed by atoms with E-state index < -0.39 is 0 Å². The van der Waals surface area contributed by atoms with Crippen LogP contribution in [0.5, 0.6) is 5.75 Å². The Morgan fingerprint density at radius 3 is 2.97 bits per heavy atom. The highest BCUT2D eigenvalue weighted by Gasteiger charge is 2.35. The van der Waals surface area contributed by atoms with E-state index in [1.165, 1.54) is 0 Å². The summed E-state index contributed by atoms with van der Waals surface area (Å²) in [6.07, 6.45) is 2.32. The lowest BCUT2D eigenvalue weighted by Gasteiger charge is -2.29. The number of nitrogen functional groups attached to an aromatic ring is 1. The van der Waals surface area contributed by atoms with Crippen LogP contribution >= 0.6 is 11.6 Å². The topological polar surface area (TPSA) is 124 Å². The molecule has 4 heterocycles. The second-order valence-electron chi connectivity index (χ2n) is 8.29. The molecule has 1 unspecified atom stereocenters. The van der Waals surface area contributed by atoms with Crippen molar-refractivity contribution in [2.24, 2.45) is 0 Å². The average molecular weight is 484 g/mol. The number of ether oxygens (including phenoxy) is 3. The third kappa shape index (κ3) is 4.29. The van der Waals surface area contributed by atoms with E-state index in [0.29, 0.717) is 66.3 Å². The number of nitrogens with two attached hydrogens (primary N) is 1. The molecule has 0 saturated carbocycles. The van der Waals surface area contributed by atoms with Gasteiger partial charge in [0.05, 0.1) is 60.7 Å². The van der Waals surface area contributed by atoms with Crippen LogP contribution in [0, 0.1) is 0 Å². The van der Waals surface area contributed by atoms with Crippen LogP contribution in [0.1, 0.15) is 28.4 Å². The summed E-state index contributed by atoms with van der Waals surface area (Å²) >= 11 is 6.35. The maximum absolute atomic E-state index is 13.1. The van der Waals surface area contributed by atoms with Crippen molar-refractivity contribution in [2.75, 3.05) is 44.5 Å². The number of benzene rings is 1. The fourth-order valence-corrected chi connectivity index (χ4v) is 4.81. The van der Waals surface area contributed by atoms with E-state index in [0.717, 1.165) is 17.0 Å². The van der Waals surface area contributed by atoms with E-state index in [4.69, 9.17) is 31.5 Å². The number of halogens is 1. The Labute approximate surface area is 201 Å². The number of H-pyrrole nitrogens is 1.